The van der Waals surface area contributed by atoms with Crippen molar-refractivity contribution >= 4 is 38.2 Å². The summed E-state index contributed by atoms with van der Waals surface area (Å²) in [7, 11) is -1.79. The molecule has 1 heterocycles. The number of hydrogen-bond donors (Lipinski definition) is 0. The van der Waals surface area contributed by atoms with Crippen molar-refractivity contribution in [2.45, 2.75) is 55.3 Å². The van der Waals surface area contributed by atoms with E-state index < -0.39 is 9.84 Å². The molecule has 0 atom stereocenters. The Morgan fingerprint density at radius 3 is 2.48 bits per heavy atom. The van der Waals surface area contributed by atoms with Crippen molar-refractivity contribution in [1.82, 2.24) is 9.47 Å². The van der Waals surface area contributed by atoms with Crippen LogP contribution in [0.4, 0.5) is 0 Å². The minimum absolute atomic E-state index is 0.00250. The smallest absolute Gasteiger partial charge is 0.242 e. The summed E-state index contributed by atoms with van der Waals surface area (Å²) in [6.45, 7) is 0.120. The lowest BCUT2D eigenvalue weighted by Gasteiger charge is -2.31. The zero-order valence-electron chi connectivity index (χ0n) is 17.6. The molecule has 0 N–H and O–H groups in total. The van der Waals surface area contributed by atoms with Gasteiger partial charge in [-0.2, -0.15) is 0 Å². The highest BCUT2D eigenvalue weighted by Crippen LogP contribution is 2.30. The minimum atomic E-state index is -3.65. The Bertz CT molecular complexity index is 1200. The number of halogens is 1. The van der Waals surface area contributed by atoms with E-state index >= 15 is 0 Å². The second-order valence-electron chi connectivity index (χ2n) is 8.29. The van der Waals surface area contributed by atoms with E-state index in [1.54, 1.807) is 41.1 Å². The van der Waals surface area contributed by atoms with Gasteiger partial charge in [-0.05, 0) is 30.5 Å². The Labute approximate surface area is 188 Å². The number of carbonyl (C=O) groups excluding carboxylic acids is 1. The van der Waals surface area contributed by atoms with Gasteiger partial charge in [-0.1, -0.05) is 67.3 Å². The number of rotatable bonds is 6. The molecule has 1 fully saturated rings. The molecule has 1 amide bonds. The maximum Gasteiger partial charge on any atom is 0.242 e. The van der Waals surface area contributed by atoms with E-state index in [1.807, 2.05) is 30.1 Å². The van der Waals surface area contributed by atoms with Crippen LogP contribution >= 0.6 is 11.6 Å². The summed E-state index contributed by atoms with van der Waals surface area (Å²) in [5.74, 6) is -0.181. The molecule has 1 aliphatic carbocycles. The normalized spacial score (nSPS) is 15.3. The lowest BCUT2D eigenvalue weighted by atomic mass is 9.94. The van der Waals surface area contributed by atoms with E-state index in [4.69, 9.17) is 11.6 Å². The highest BCUT2D eigenvalue weighted by Gasteiger charge is 2.25. The number of nitrogens with zero attached hydrogens (tertiary/aromatic N) is 2. The van der Waals surface area contributed by atoms with Crippen LogP contribution in [0.5, 0.6) is 0 Å². The molecule has 0 bridgehead atoms. The van der Waals surface area contributed by atoms with Gasteiger partial charge >= 0.3 is 0 Å². The first kappa shape index (κ1) is 21.9. The lowest BCUT2D eigenvalue weighted by Crippen LogP contribution is -2.40. The van der Waals surface area contributed by atoms with Gasteiger partial charge in [0.25, 0.3) is 0 Å². The predicted octanol–water partition coefficient (Wildman–Crippen LogP) is 5.06. The molecular weight excluding hydrogens is 432 g/mol. The fourth-order valence-electron chi connectivity index (χ4n) is 4.42. The van der Waals surface area contributed by atoms with Crippen LogP contribution in [0.25, 0.3) is 10.9 Å². The molecule has 3 aromatic rings. The van der Waals surface area contributed by atoms with E-state index in [2.05, 4.69) is 0 Å². The van der Waals surface area contributed by atoms with E-state index in [-0.39, 0.29) is 29.1 Å². The Morgan fingerprint density at radius 2 is 1.74 bits per heavy atom. The van der Waals surface area contributed by atoms with Crippen molar-refractivity contribution in [3.05, 3.63) is 65.3 Å². The molecule has 164 valence electrons. The average Bonchev–Trinajstić information content (AvgIpc) is 3.15. The second-order valence-corrected chi connectivity index (χ2v) is 10.7. The number of para-hydroxylation sites is 1. The topological polar surface area (TPSA) is 59.4 Å². The fourth-order valence-corrected chi connectivity index (χ4v) is 6.31. The molecule has 1 aromatic heterocycles. The van der Waals surface area contributed by atoms with Gasteiger partial charge in [-0.15, -0.1) is 0 Å². The number of carbonyl (C=O) groups is 1. The summed E-state index contributed by atoms with van der Waals surface area (Å²) in [4.78, 5) is 15.1. The molecule has 2 aromatic carbocycles. The fraction of sp³-hybridized carbons (Fsp3) is 0.375. The van der Waals surface area contributed by atoms with Gasteiger partial charge < -0.3 is 9.47 Å². The first-order valence-corrected chi connectivity index (χ1v) is 12.7. The molecule has 0 unspecified atom stereocenters. The summed E-state index contributed by atoms with van der Waals surface area (Å²) in [5, 5.41) is 1.06. The minimum Gasteiger partial charge on any atom is -0.341 e. The van der Waals surface area contributed by atoms with Gasteiger partial charge in [0.1, 0.15) is 6.54 Å². The Balaban J connectivity index is 1.64. The van der Waals surface area contributed by atoms with Crippen LogP contribution in [-0.4, -0.2) is 36.9 Å². The van der Waals surface area contributed by atoms with Crippen molar-refractivity contribution in [1.29, 1.82) is 0 Å². The third-order valence-electron chi connectivity index (χ3n) is 6.21. The molecule has 0 radical (unpaired) electrons. The van der Waals surface area contributed by atoms with Gasteiger partial charge in [0, 0.05) is 35.2 Å². The SMILES string of the molecule is CN(C(=O)Cn1cc(S(=O)(=O)Cc2ccccc2Cl)c2ccccc21)C1CCCCC1. The summed E-state index contributed by atoms with van der Waals surface area (Å²) in [5.41, 5.74) is 1.31. The van der Waals surface area contributed by atoms with Gasteiger partial charge in [0.2, 0.25) is 5.91 Å². The number of fused-ring (bicyclic) bond motifs is 1. The molecule has 0 saturated heterocycles. The van der Waals surface area contributed by atoms with Crippen LogP contribution in [0.15, 0.2) is 59.6 Å². The van der Waals surface area contributed by atoms with Crippen LogP contribution in [0, 0.1) is 0 Å². The zero-order valence-corrected chi connectivity index (χ0v) is 19.2. The summed E-state index contributed by atoms with van der Waals surface area (Å²) >= 11 is 6.20. The first-order valence-electron chi connectivity index (χ1n) is 10.7. The number of likely N-dealkylation sites (N-methyl/N-ethyl adjacent to an activating group) is 1. The summed E-state index contributed by atoms with van der Waals surface area (Å²) in [6, 6.07) is 14.6. The van der Waals surface area contributed by atoms with Crippen molar-refractivity contribution in [3.8, 4) is 0 Å². The molecule has 7 heteroatoms. The number of sulfone groups is 1. The molecular formula is C24H27ClN2O3S. The van der Waals surface area contributed by atoms with E-state index in [1.165, 1.54) is 6.42 Å². The molecule has 1 aliphatic rings. The number of hydrogen-bond acceptors (Lipinski definition) is 3. The third-order valence-corrected chi connectivity index (χ3v) is 8.27. The lowest BCUT2D eigenvalue weighted by molar-refractivity contribution is -0.133. The Kier molecular flexibility index (Phi) is 6.39. The molecule has 1 saturated carbocycles. The largest absolute Gasteiger partial charge is 0.341 e. The van der Waals surface area contributed by atoms with Gasteiger partial charge in [-0.25, -0.2) is 8.42 Å². The predicted molar refractivity (Wildman–Crippen MR) is 124 cm³/mol. The maximum absolute atomic E-state index is 13.3. The number of benzene rings is 2. The monoisotopic (exact) mass is 458 g/mol. The standard InChI is InChI=1S/C24H27ClN2O3S/c1-26(19-10-3-2-4-11-19)24(28)16-27-15-23(20-12-6-8-14-22(20)27)31(29,30)17-18-9-5-7-13-21(18)25/h5-9,12-15,19H,2-4,10-11,16-17H2,1H3. The summed E-state index contributed by atoms with van der Waals surface area (Å²) < 4.78 is 28.3. The van der Waals surface area contributed by atoms with Crippen LogP contribution in [0.2, 0.25) is 5.02 Å². The van der Waals surface area contributed by atoms with Crippen molar-refractivity contribution < 1.29 is 13.2 Å². The Hall–Kier alpha value is -2.31. The van der Waals surface area contributed by atoms with Crippen LogP contribution < -0.4 is 0 Å². The molecule has 0 spiro atoms. The highest BCUT2D eigenvalue weighted by molar-refractivity contribution is 7.90. The van der Waals surface area contributed by atoms with Crippen molar-refractivity contribution in [3.63, 3.8) is 0 Å². The van der Waals surface area contributed by atoms with Crippen LogP contribution in [0.3, 0.4) is 0 Å². The third kappa shape index (κ3) is 4.65. The van der Waals surface area contributed by atoms with E-state index in [0.717, 1.165) is 31.2 Å². The maximum atomic E-state index is 13.3. The molecule has 4 rings (SSSR count). The Morgan fingerprint density at radius 1 is 1.06 bits per heavy atom. The van der Waals surface area contributed by atoms with Crippen LogP contribution in [-0.2, 0) is 26.9 Å². The zero-order chi connectivity index (χ0) is 22.0. The summed E-state index contributed by atoms with van der Waals surface area (Å²) in [6.07, 6.45) is 7.20. The van der Waals surface area contributed by atoms with Gasteiger partial charge in [-0.3, -0.25) is 4.79 Å². The number of aromatic nitrogens is 1. The van der Waals surface area contributed by atoms with Crippen LogP contribution in [0.1, 0.15) is 37.7 Å². The van der Waals surface area contributed by atoms with Crippen molar-refractivity contribution in [2.75, 3.05) is 7.05 Å². The van der Waals surface area contributed by atoms with Gasteiger partial charge in [0.15, 0.2) is 9.84 Å². The van der Waals surface area contributed by atoms with Crippen molar-refractivity contribution in [2.24, 2.45) is 0 Å². The molecule has 5 nitrogen and oxygen atoms in total. The quantitative estimate of drug-likeness (QED) is 0.518. The number of amides is 1. The highest BCUT2D eigenvalue weighted by atomic mass is 35.5. The molecule has 0 aliphatic heterocycles. The second kappa shape index (κ2) is 9.05. The average molecular weight is 459 g/mol. The molecule has 31 heavy (non-hydrogen) atoms. The van der Waals surface area contributed by atoms with E-state index in [0.29, 0.717) is 16.0 Å². The van der Waals surface area contributed by atoms with Gasteiger partial charge in [0.05, 0.1) is 10.6 Å². The first-order chi connectivity index (χ1) is 14.9. The van der Waals surface area contributed by atoms with E-state index in [9.17, 15) is 13.2 Å².